The molecule has 84 valence electrons. The minimum Gasteiger partial charge on any atom is -0.394 e. The number of hydrogen-bond donors (Lipinski definition) is 3. The van der Waals surface area contributed by atoms with Crippen molar-refractivity contribution in [2.75, 3.05) is 6.61 Å². The van der Waals surface area contributed by atoms with Crippen LogP contribution in [0.3, 0.4) is 0 Å². The predicted molar refractivity (Wildman–Crippen MR) is 58.7 cm³/mol. The third-order valence-electron chi connectivity index (χ3n) is 2.75. The lowest BCUT2D eigenvalue weighted by Crippen LogP contribution is -2.22. The van der Waals surface area contributed by atoms with E-state index in [0.29, 0.717) is 5.56 Å². The highest BCUT2D eigenvalue weighted by Gasteiger charge is 2.19. The molecule has 0 aromatic heterocycles. The van der Waals surface area contributed by atoms with Gasteiger partial charge in [0.15, 0.2) is 0 Å². The Morgan fingerprint density at radius 1 is 1.00 bits per heavy atom. The molecule has 0 saturated heterocycles. The van der Waals surface area contributed by atoms with Gasteiger partial charge in [-0.2, -0.15) is 0 Å². The molecule has 0 aliphatic carbocycles. The van der Waals surface area contributed by atoms with E-state index in [0.717, 1.165) is 16.7 Å². The average Bonchev–Trinajstić information content (AvgIpc) is 2.21. The molecule has 2 unspecified atom stereocenters. The molecule has 0 fully saturated rings. The van der Waals surface area contributed by atoms with Crippen LogP contribution in [0.2, 0.25) is 0 Å². The SMILES string of the molecule is Cc1cc(C)c(C(O)C(O)CO)cc1C. The van der Waals surface area contributed by atoms with Crippen molar-refractivity contribution in [1.82, 2.24) is 0 Å². The van der Waals surface area contributed by atoms with Gasteiger partial charge < -0.3 is 15.3 Å². The molecule has 0 amide bonds. The molecular weight excluding hydrogens is 192 g/mol. The maximum absolute atomic E-state index is 9.78. The van der Waals surface area contributed by atoms with Crippen molar-refractivity contribution in [2.24, 2.45) is 0 Å². The maximum atomic E-state index is 9.78. The van der Waals surface area contributed by atoms with E-state index in [1.807, 2.05) is 32.9 Å². The highest BCUT2D eigenvalue weighted by Crippen LogP contribution is 2.23. The van der Waals surface area contributed by atoms with Gasteiger partial charge in [-0.15, -0.1) is 0 Å². The lowest BCUT2D eigenvalue weighted by Gasteiger charge is -2.19. The smallest absolute Gasteiger partial charge is 0.107 e. The quantitative estimate of drug-likeness (QED) is 0.697. The minimum absolute atomic E-state index is 0.437. The first-order valence-electron chi connectivity index (χ1n) is 5.02. The third kappa shape index (κ3) is 2.56. The summed E-state index contributed by atoms with van der Waals surface area (Å²) in [5.41, 5.74) is 3.83. The van der Waals surface area contributed by atoms with Crippen LogP contribution >= 0.6 is 0 Å². The number of aliphatic hydroxyl groups excluding tert-OH is 3. The minimum atomic E-state index is -1.12. The summed E-state index contributed by atoms with van der Waals surface area (Å²) in [5, 5.41) is 27.9. The number of hydrogen-bond acceptors (Lipinski definition) is 3. The molecule has 3 nitrogen and oxygen atoms in total. The Morgan fingerprint density at radius 2 is 1.53 bits per heavy atom. The van der Waals surface area contributed by atoms with E-state index in [1.54, 1.807) is 0 Å². The molecule has 1 rings (SSSR count). The molecule has 0 bridgehead atoms. The zero-order valence-electron chi connectivity index (χ0n) is 9.36. The van der Waals surface area contributed by atoms with Crippen LogP contribution in [-0.2, 0) is 0 Å². The van der Waals surface area contributed by atoms with Crippen LogP contribution in [0.1, 0.15) is 28.4 Å². The summed E-state index contributed by atoms with van der Waals surface area (Å²) in [5.74, 6) is 0. The summed E-state index contributed by atoms with van der Waals surface area (Å²) < 4.78 is 0. The average molecular weight is 210 g/mol. The second-order valence-corrected chi connectivity index (χ2v) is 3.99. The van der Waals surface area contributed by atoms with E-state index in [1.165, 1.54) is 0 Å². The monoisotopic (exact) mass is 210 g/mol. The normalized spacial score (nSPS) is 15.1. The number of aliphatic hydroxyl groups is 3. The molecule has 0 radical (unpaired) electrons. The fourth-order valence-corrected chi connectivity index (χ4v) is 1.61. The van der Waals surface area contributed by atoms with Gasteiger partial charge in [0.1, 0.15) is 12.2 Å². The molecule has 15 heavy (non-hydrogen) atoms. The number of rotatable bonds is 3. The second kappa shape index (κ2) is 4.75. The van der Waals surface area contributed by atoms with Crippen LogP contribution in [0.4, 0.5) is 0 Å². The van der Waals surface area contributed by atoms with E-state index in [-0.39, 0.29) is 0 Å². The highest BCUT2D eigenvalue weighted by molar-refractivity contribution is 5.38. The van der Waals surface area contributed by atoms with Gasteiger partial charge in [0.05, 0.1) is 6.61 Å². The number of benzene rings is 1. The molecule has 1 aromatic carbocycles. The van der Waals surface area contributed by atoms with Crippen LogP contribution in [0, 0.1) is 20.8 Å². The summed E-state index contributed by atoms with van der Waals surface area (Å²) in [6.07, 6.45) is -2.14. The first kappa shape index (κ1) is 12.2. The molecule has 3 heteroatoms. The van der Waals surface area contributed by atoms with E-state index in [2.05, 4.69) is 0 Å². The van der Waals surface area contributed by atoms with Crippen molar-refractivity contribution in [3.63, 3.8) is 0 Å². The first-order chi connectivity index (χ1) is 6.97. The van der Waals surface area contributed by atoms with Crippen LogP contribution < -0.4 is 0 Å². The molecule has 0 heterocycles. The van der Waals surface area contributed by atoms with Crippen LogP contribution in [0.25, 0.3) is 0 Å². The van der Waals surface area contributed by atoms with Crippen molar-refractivity contribution in [3.8, 4) is 0 Å². The topological polar surface area (TPSA) is 60.7 Å². The Labute approximate surface area is 90.0 Å². The summed E-state index contributed by atoms with van der Waals surface area (Å²) >= 11 is 0. The van der Waals surface area contributed by atoms with Gasteiger partial charge in [-0.05, 0) is 43.0 Å². The molecule has 0 aliphatic rings. The zero-order valence-corrected chi connectivity index (χ0v) is 9.36. The van der Waals surface area contributed by atoms with E-state index >= 15 is 0 Å². The summed E-state index contributed by atoms with van der Waals surface area (Å²) in [6.45, 7) is 5.40. The van der Waals surface area contributed by atoms with Crippen molar-refractivity contribution in [2.45, 2.75) is 33.0 Å². The van der Waals surface area contributed by atoms with Crippen molar-refractivity contribution in [3.05, 3.63) is 34.4 Å². The van der Waals surface area contributed by atoms with E-state index in [4.69, 9.17) is 5.11 Å². The maximum Gasteiger partial charge on any atom is 0.107 e. The summed E-state index contributed by atoms with van der Waals surface area (Å²) in [6, 6.07) is 3.83. The Morgan fingerprint density at radius 3 is 2.07 bits per heavy atom. The van der Waals surface area contributed by atoms with Gasteiger partial charge in [-0.25, -0.2) is 0 Å². The highest BCUT2D eigenvalue weighted by atomic mass is 16.4. The molecule has 0 saturated carbocycles. The molecule has 2 atom stereocenters. The first-order valence-corrected chi connectivity index (χ1v) is 5.02. The Balaban J connectivity index is 3.09. The van der Waals surface area contributed by atoms with Crippen molar-refractivity contribution in [1.29, 1.82) is 0 Å². The fraction of sp³-hybridized carbons (Fsp3) is 0.500. The Kier molecular flexibility index (Phi) is 3.85. The van der Waals surface area contributed by atoms with Crippen LogP contribution in [0.15, 0.2) is 12.1 Å². The van der Waals surface area contributed by atoms with Gasteiger partial charge in [-0.1, -0.05) is 12.1 Å². The zero-order chi connectivity index (χ0) is 11.6. The van der Waals surface area contributed by atoms with Gasteiger partial charge >= 0.3 is 0 Å². The standard InChI is InChI=1S/C12H18O3/c1-7-4-9(3)10(5-8(7)2)12(15)11(14)6-13/h4-5,11-15H,6H2,1-3H3. The Bertz CT molecular complexity index is 347. The lowest BCUT2D eigenvalue weighted by molar-refractivity contribution is -0.0155. The van der Waals surface area contributed by atoms with Gasteiger partial charge in [0, 0.05) is 0 Å². The third-order valence-corrected chi connectivity index (χ3v) is 2.75. The molecule has 0 spiro atoms. The van der Waals surface area contributed by atoms with E-state index < -0.39 is 18.8 Å². The summed E-state index contributed by atoms with van der Waals surface area (Å²) in [4.78, 5) is 0. The second-order valence-electron chi connectivity index (χ2n) is 3.99. The van der Waals surface area contributed by atoms with E-state index in [9.17, 15) is 10.2 Å². The van der Waals surface area contributed by atoms with Gasteiger partial charge in [0.25, 0.3) is 0 Å². The summed E-state index contributed by atoms with van der Waals surface area (Å²) in [7, 11) is 0. The van der Waals surface area contributed by atoms with Crippen molar-refractivity contribution >= 4 is 0 Å². The largest absolute Gasteiger partial charge is 0.394 e. The fourth-order valence-electron chi connectivity index (χ4n) is 1.61. The molecule has 3 N–H and O–H groups in total. The lowest BCUT2D eigenvalue weighted by atomic mass is 9.95. The molecule has 0 aliphatic heterocycles. The molecule has 1 aromatic rings. The molecular formula is C12H18O3. The van der Waals surface area contributed by atoms with Gasteiger partial charge in [0.2, 0.25) is 0 Å². The van der Waals surface area contributed by atoms with Crippen molar-refractivity contribution < 1.29 is 15.3 Å². The number of aryl methyl sites for hydroxylation is 3. The van der Waals surface area contributed by atoms with Crippen LogP contribution in [-0.4, -0.2) is 28.0 Å². The van der Waals surface area contributed by atoms with Gasteiger partial charge in [-0.3, -0.25) is 0 Å². The predicted octanol–water partition coefficient (Wildman–Crippen LogP) is 0.998. The Hall–Kier alpha value is -0.900. The van der Waals surface area contributed by atoms with Crippen LogP contribution in [0.5, 0.6) is 0 Å².